The van der Waals surface area contributed by atoms with Gasteiger partial charge in [-0.3, -0.25) is 4.98 Å². The fourth-order valence-corrected chi connectivity index (χ4v) is 2.72. The van der Waals surface area contributed by atoms with Crippen LogP contribution in [0.5, 0.6) is 0 Å². The Kier molecular flexibility index (Phi) is 4.78. The number of carbonyl (C=O) groups excluding carboxylic acids is 1. The van der Waals surface area contributed by atoms with Gasteiger partial charge in [0.25, 0.3) is 0 Å². The Bertz CT molecular complexity index is 813. The summed E-state index contributed by atoms with van der Waals surface area (Å²) in [5, 5.41) is 4.06. The van der Waals surface area contributed by atoms with E-state index in [1.165, 1.54) is 0 Å². The molecule has 0 fully saturated rings. The van der Waals surface area contributed by atoms with Crippen molar-refractivity contribution in [2.75, 3.05) is 0 Å². The Labute approximate surface area is 147 Å². The van der Waals surface area contributed by atoms with Crippen LogP contribution in [-0.4, -0.2) is 11.0 Å². The summed E-state index contributed by atoms with van der Waals surface area (Å²) in [6, 6.07) is 9.26. The Balaban J connectivity index is 0.00000110. The van der Waals surface area contributed by atoms with Crippen LogP contribution in [0.4, 0.5) is 0 Å². The van der Waals surface area contributed by atoms with E-state index in [0.717, 1.165) is 26.0 Å². The molecule has 0 aliphatic rings. The van der Waals surface area contributed by atoms with Crippen LogP contribution in [-0.2, 0) is 4.84 Å². The molecule has 0 saturated carbocycles. The smallest absolute Gasteiger partial charge is 1.00 e. The number of nitrogens with two attached hydrogens (primary N) is 1. The summed E-state index contributed by atoms with van der Waals surface area (Å²) < 4.78 is 0.910. The van der Waals surface area contributed by atoms with E-state index >= 15 is 0 Å². The van der Waals surface area contributed by atoms with Crippen molar-refractivity contribution in [1.29, 1.82) is 0 Å². The zero-order valence-electron chi connectivity index (χ0n) is 11.8. The minimum atomic E-state index is -0.555. The van der Waals surface area contributed by atoms with Gasteiger partial charge in [-0.05, 0) is 40.4 Å². The molecule has 0 aliphatic heterocycles. The molecule has 0 radical (unpaired) electrons. The van der Waals surface area contributed by atoms with Gasteiger partial charge < -0.3 is 6.26 Å². The first-order valence-corrected chi connectivity index (χ1v) is 6.37. The molecule has 0 saturated heterocycles. The average molecular weight is 341 g/mol. The molecule has 6 heteroatoms. The van der Waals surface area contributed by atoms with E-state index in [9.17, 15) is 4.79 Å². The summed E-state index contributed by atoms with van der Waals surface area (Å²) in [7, 11) is 0. The van der Waals surface area contributed by atoms with Gasteiger partial charge in [-0.2, -0.15) is 5.90 Å². The molecule has 96 valence electrons. The molecule has 2 aromatic carbocycles. The number of hydrogen-bond acceptors (Lipinski definition) is 4. The minimum Gasteiger partial charge on any atom is -1.00 e. The van der Waals surface area contributed by atoms with Crippen molar-refractivity contribution in [3.63, 3.8) is 0 Å². The van der Waals surface area contributed by atoms with Crippen molar-refractivity contribution in [2.24, 2.45) is 5.90 Å². The third kappa shape index (κ3) is 2.60. The first-order chi connectivity index (χ1) is 9.20. The van der Waals surface area contributed by atoms with E-state index in [2.05, 4.69) is 25.8 Å². The number of nitrogens with zero attached hydrogens (tertiary/aromatic N) is 1. The van der Waals surface area contributed by atoms with Crippen molar-refractivity contribution in [3.8, 4) is 0 Å². The topological polar surface area (TPSA) is 65.2 Å². The summed E-state index contributed by atoms with van der Waals surface area (Å²) in [6.07, 6.45) is 3.56. The molecule has 20 heavy (non-hydrogen) atoms. The van der Waals surface area contributed by atoms with Crippen molar-refractivity contribution in [3.05, 3.63) is 52.8 Å². The molecule has 2 N–H and O–H groups in total. The second-order valence-electron chi connectivity index (χ2n) is 4.12. The van der Waals surface area contributed by atoms with E-state index in [4.69, 9.17) is 5.90 Å². The minimum absolute atomic E-state index is 0. The first-order valence-electron chi connectivity index (χ1n) is 5.58. The molecule has 0 spiro atoms. The number of fused-ring (bicyclic) bond motifs is 3. The van der Waals surface area contributed by atoms with Crippen molar-refractivity contribution < 1.29 is 40.6 Å². The Morgan fingerprint density at radius 2 is 2.00 bits per heavy atom. The van der Waals surface area contributed by atoms with E-state index in [-0.39, 0.29) is 31.0 Å². The zero-order valence-corrected chi connectivity index (χ0v) is 14.3. The van der Waals surface area contributed by atoms with Gasteiger partial charge in [-0.25, -0.2) is 4.79 Å². The molecule has 0 amide bonds. The number of aromatic nitrogens is 1. The molecule has 3 aromatic rings. The maximum absolute atomic E-state index is 11.5. The van der Waals surface area contributed by atoms with Crippen molar-refractivity contribution >= 4 is 43.4 Å². The predicted octanol–water partition coefficient (Wildman–Crippen LogP) is 0.297. The van der Waals surface area contributed by atoms with E-state index in [1.807, 2.05) is 24.4 Å². The summed E-state index contributed by atoms with van der Waals surface area (Å²) in [5.41, 5.74) is 0.416. The van der Waals surface area contributed by atoms with Gasteiger partial charge in [-0.15, -0.1) is 0 Å². The van der Waals surface area contributed by atoms with Gasteiger partial charge in [0.2, 0.25) is 0 Å². The summed E-state index contributed by atoms with van der Waals surface area (Å²) >= 11 is 3.52. The summed E-state index contributed by atoms with van der Waals surface area (Å²) in [4.78, 5) is 19.8. The summed E-state index contributed by atoms with van der Waals surface area (Å²) in [5.74, 6) is 4.35. The standard InChI is InChI=1S/C14H9BrN2O2.Na.H/c15-13-6-8-3-4-17-7-12(8)10-2-1-9(5-11(10)13)14(18)19-16;;/h1-7H,16H2;;/q;+1;-1. The van der Waals surface area contributed by atoms with Crippen LogP contribution in [0.15, 0.2) is 47.2 Å². The van der Waals surface area contributed by atoms with Crippen LogP contribution in [0.25, 0.3) is 21.5 Å². The van der Waals surface area contributed by atoms with E-state index < -0.39 is 5.97 Å². The van der Waals surface area contributed by atoms with E-state index in [1.54, 1.807) is 18.3 Å². The maximum Gasteiger partial charge on any atom is 1.00 e. The molecule has 1 aromatic heterocycles. The molecule has 1 heterocycles. The van der Waals surface area contributed by atoms with E-state index in [0.29, 0.717) is 5.56 Å². The van der Waals surface area contributed by atoms with Crippen LogP contribution >= 0.6 is 15.9 Å². The third-order valence-electron chi connectivity index (χ3n) is 3.05. The number of rotatable bonds is 1. The largest absolute Gasteiger partial charge is 1.00 e. The molecule has 0 aliphatic carbocycles. The third-order valence-corrected chi connectivity index (χ3v) is 3.70. The molecule has 3 rings (SSSR count). The maximum atomic E-state index is 11.5. The van der Waals surface area contributed by atoms with Gasteiger partial charge >= 0.3 is 35.5 Å². The van der Waals surface area contributed by atoms with Gasteiger partial charge in [-0.1, -0.05) is 22.0 Å². The number of pyridine rings is 1. The quantitative estimate of drug-likeness (QED) is 0.393. The molecular weight excluding hydrogens is 331 g/mol. The molecule has 0 atom stereocenters. The monoisotopic (exact) mass is 340 g/mol. The number of halogens is 1. The summed E-state index contributed by atoms with van der Waals surface area (Å²) in [6.45, 7) is 0. The van der Waals surface area contributed by atoms with Crippen molar-refractivity contribution in [2.45, 2.75) is 0 Å². The zero-order chi connectivity index (χ0) is 13.4. The van der Waals surface area contributed by atoms with Gasteiger partial charge in [0.1, 0.15) is 0 Å². The number of benzene rings is 2. The average Bonchev–Trinajstić information content (AvgIpc) is 2.46. The number of hydrogen-bond donors (Lipinski definition) is 1. The van der Waals surface area contributed by atoms with Crippen LogP contribution in [0, 0.1) is 0 Å². The van der Waals surface area contributed by atoms with Crippen LogP contribution in [0.2, 0.25) is 0 Å². The van der Waals surface area contributed by atoms with Crippen LogP contribution in [0.3, 0.4) is 0 Å². The fourth-order valence-electron chi connectivity index (χ4n) is 2.14. The fraction of sp³-hybridized carbons (Fsp3) is 0. The molecule has 0 unspecified atom stereocenters. The SMILES string of the molecule is NOC(=O)c1ccc2c(c1)c(Br)cc1ccncc12.[H-].[Na+]. The van der Waals surface area contributed by atoms with Gasteiger partial charge in [0.05, 0.1) is 5.56 Å². The van der Waals surface area contributed by atoms with Gasteiger partial charge in [0, 0.05) is 22.3 Å². The second kappa shape index (κ2) is 6.20. The van der Waals surface area contributed by atoms with Crippen molar-refractivity contribution in [1.82, 2.24) is 4.98 Å². The van der Waals surface area contributed by atoms with Crippen LogP contribution < -0.4 is 35.5 Å². The predicted molar refractivity (Wildman–Crippen MR) is 77.7 cm³/mol. The van der Waals surface area contributed by atoms with Crippen LogP contribution in [0.1, 0.15) is 11.8 Å². The normalized spacial score (nSPS) is 10.3. The molecular formula is C14H10BrN2NaO2. The Hall–Kier alpha value is -0.980. The number of carbonyl (C=O) groups is 1. The Morgan fingerprint density at radius 1 is 1.20 bits per heavy atom. The molecule has 0 bridgehead atoms. The molecule has 4 nitrogen and oxygen atoms in total. The first kappa shape index (κ1) is 15.4. The van der Waals surface area contributed by atoms with Gasteiger partial charge in [0.15, 0.2) is 0 Å². The Morgan fingerprint density at radius 3 is 2.75 bits per heavy atom. The second-order valence-corrected chi connectivity index (χ2v) is 4.98.